The second-order valence-corrected chi connectivity index (χ2v) is 13.3. The van der Waals surface area contributed by atoms with Crippen LogP contribution >= 0.6 is 12.2 Å². The highest BCUT2D eigenvalue weighted by molar-refractivity contribution is 7.96. The Balaban J connectivity index is 1.64. The lowest BCUT2D eigenvalue weighted by Gasteiger charge is -2.42. The molecule has 0 spiro atoms. The first-order chi connectivity index (χ1) is 18.2. The van der Waals surface area contributed by atoms with Gasteiger partial charge in [-0.3, -0.25) is 0 Å². The van der Waals surface area contributed by atoms with Crippen LogP contribution in [0.3, 0.4) is 0 Å². The number of anilines is 1. The maximum Gasteiger partial charge on any atom is 0.421 e. The van der Waals surface area contributed by atoms with Gasteiger partial charge in [0.1, 0.15) is 11.6 Å². The smallest absolute Gasteiger partial charge is 0.421 e. The molecule has 1 heterocycles. The van der Waals surface area contributed by atoms with Gasteiger partial charge >= 0.3 is 6.18 Å². The third-order valence-electron chi connectivity index (χ3n) is 6.76. The second kappa shape index (κ2) is 11.3. The third kappa shape index (κ3) is 6.23. The number of nitrogens with zero attached hydrogens (tertiary/aromatic N) is 2. The number of allylic oxidation sites excluding steroid dienone is 4. The van der Waals surface area contributed by atoms with Crippen LogP contribution in [-0.2, 0) is 26.8 Å². The predicted molar refractivity (Wildman–Crippen MR) is 146 cm³/mol. The van der Waals surface area contributed by atoms with Crippen LogP contribution in [0.5, 0.6) is 0 Å². The minimum atomic E-state index is -4.88. The standard InChI is InChI=1S/C26H26F4N2O4S3/c1-25(33,26(28,29)30)18-6-10-20(11-7-18)32-15-14-31(39(35,36)24-5-3-2-4-23(24)37)16-21(32)17-38(34)22-12-8-19(27)9-13-22/h2-3,5-13,21,33H,4,14-17H2,1H3/t21-,25-,38-/m1/s1. The first kappa shape index (κ1) is 29.7. The summed E-state index contributed by atoms with van der Waals surface area (Å²) < 4.78 is 94.7. The first-order valence-corrected chi connectivity index (χ1v) is 15.1. The van der Waals surface area contributed by atoms with Gasteiger partial charge in [0, 0.05) is 36.6 Å². The van der Waals surface area contributed by atoms with E-state index in [1.54, 1.807) is 17.1 Å². The minimum absolute atomic E-state index is 0.0247. The highest BCUT2D eigenvalue weighted by Gasteiger charge is 2.51. The van der Waals surface area contributed by atoms with Crippen molar-refractivity contribution in [1.29, 1.82) is 0 Å². The van der Waals surface area contributed by atoms with Crippen LogP contribution in [0.25, 0.3) is 0 Å². The van der Waals surface area contributed by atoms with Crippen molar-refractivity contribution in [2.45, 2.75) is 36.1 Å². The van der Waals surface area contributed by atoms with Gasteiger partial charge in [-0.1, -0.05) is 36.5 Å². The Bertz CT molecular complexity index is 1380. The summed E-state index contributed by atoms with van der Waals surface area (Å²) in [6, 6.07) is 9.65. The molecule has 0 amide bonds. The van der Waals surface area contributed by atoms with Gasteiger partial charge in [-0.05, 0) is 66.1 Å². The van der Waals surface area contributed by atoms with Gasteiger partial charge < -0.3 is 14.6 Å². The first-order valence-electron chi connectivity index (χ1n) is 11.9. The summed E-state index contributed by atoms with van der Waals surface area (Å²) in [4.78, 5) is 2.46. The van der Waals surface area contributed by atoms with Crippen LogP contribution in [0.15, 0.2) is 76.6 Å². The number of alkyl halides is 3. The highest BCUT2D eigenvalue weighted by atomic mass is 32.2. The third-order valence-corrected chi connectivity index (χ3v) is 10.7. The zero-order valence-electron chi connectivity index (χ0n) is 20.8. The van der Waals surface area contributed by atoms with Crippen molar-refractivity contribution >= 4 is 44.0 Å². The molecule has 1 N–H and O–H groups in total. The molecule has 6 nitrogen and oxygen atoms in total. The van der Waals surface area contributed by atoms with E-state index >= 15 is 0 Å². The van der Waals surface area contributed by atoms with E-state index in [1.807, 2.05) is 0 Å². The SMILES string of the molecule is C[C@@](O)(c1ccc(N2CCN(S(=O)(=O)C3=CC=CCC3=S)C[C@@H]2C[S@@+]([O-])c2ccc(F)cc2)cc1)C(F)(F)F. The lowest BCUT2D eigenvalue weighted by molar-refractivity contribution is -0.258. The van der Waals surface area contributed by atoms with Crippen molar-refractivity contribution < 1.29 is 35.6 Å². The zero-order valence-corrected chi connectivity index (χ0v) is 23.2. The van der Waals surface area contributed by atoms with Crippen molar-refractivity contribution in [2.24, 2.45) is 0 Å². The molecule has 3 atom stereocenters. The highest BCUT2D eigenvalue weighted by Crippen LogP contribution is 2.39. The largest absolute Gasteiger partial charge is 0.611 e. The average Bonchev–Trinajstić information content (AvgIpc) is 2.88. The molecular weight excluding hydrogens is 576 g/mol. The minimum Gasteiger partial charge on any atom is -0.611 e. The molecule has 0 radical (unpaired) electrons. The summed E-state index contributed by atoms with van der Waals surface area (Å²) in [5, 5.41) is 10.0. The predicted octanol–water partition coefficient (Wildman–Crippen LogP) is 4.44. The fraction of sp³-hybridized carbons (Fsp3) is 0.346. The molecule has 2 aromatic carbocycles. The van der Waals surface area contributed by atoms with E-state index in [4.69, 9.17) is 12.2 Å². The molecule has 39 heavy (non-hydrogen) atoms. The van der Waals surface area contributed by atoms with Crippen molar-refractivity contribution in [3.63, 3.8) is 0 Å². The van der Waals surface area contributed by atoms with Gasteiger partial charge in [-0.2, -0.15) is 17.5 Å². The molecule has 13 heteroatoms. The molecular formula is C26H26F4N2O4S3. The van der Waals surface area contributed by atoms with E-state index in [0.29, 0.717) is 28.8 Å². The molecule has 1 fully saturated rings. The summed E-state index contributed by atoms with van der Waals surface area (Å²) in [6.07, 6.45) is 0.273. The fourth-order valence-electron chi connectivity index (χ4n) is 4.42. The van der Waals surface area contributed by atoms with Crippen molar-refractivity contribution in [3.05, 3.63) is 83.0 Å². The molecule has 2 aromatic rings. The van der Waals surface area contributed by atoms with Crippen LogP contribution in [0.4, 0.5) is 23.2 Å². The normalized spacial score (nSPS) is 21.4. The molecule has 0 bridgehead atoms. The Kier molecular flexibility index (Phi) is 8.60. The molecule has 0 aromatic heterocycles. The lowest BCUT2D eigenvalue weighted by atomic mass is 9.95. The number of sulfonamides is 1. The van der Waals surface area contributed by atoms with Gasteiger partial charge in [0.2, 0.25) is 10.0 Å². The summed E-state index contributed by atoms with van der Waals surface area (Å²) in [6.45, 7) is 0.837. The van der Waals surface area contributed by atoms with Crippen LogP contribution in [0.1, 0.15) is 18.9 Å². The van der Waals surface area contributed by atoms with Gasteiger partial charge in [-0.15, -0.1) is 0 Å². The quantitative estimate of drug-likeness (QED) is 0.287. The number of halogens is 4. The molecule has 0 unspecified atom stereocenters. The van der Waals surface area contributed by atoms with Crippen molar-refractivity contribution in [2.75, 3.05) is 30.3 Å². The second-order valence-electron chi connectivity index (χ2n) is 9.38. The molecule has 4 rings (SSSR count). The van der Waals surface area contributed by atoms with Gasteiger partial charge in [0.05, 0.1) is 10.9 Å². The Morgan fingerprint density at radius 2 is 1.74 bits per heavy atom. The van der Waals surface area contributed by atoms with Crippen LogP contribution in [0, 0.1) is 5.82 Å². The summed E-state index contributed by atoms with van der Waals surface area (Å²) in [7, 11) is -3.95. The Labute approximate surface area is 232 Å². The van der Waals surface area contributed by atoms with E-state index in [-0.39, 0.29) is 35.9 Å². The van der Waals surface area contributed by atoms with Crippen LogP contribution in [-0.4, -0.2) is 64.9 Å². The van der Waals surface area contributed by atoms with Crippen LogP contribution < -0.4 is 4.90 Å². The Morgan fingerprint density at radius 3 is 2.33 bits per heavy atom. The lowest BCUT2D eigenvalue weighted by Crippen LogP contribution is -2.57. The van der Waals surface area contributed by atoms with E-state index in [1.165, 1.54) is 46.8 Å². The van der Waals surface area contributed by atoms with E-state index in [2.05, 4.69) is 0 Å². The molecule has 0 saturated carbocycles. The van der Waals surface area contributed by atoms with Gasteiger partial charge in [0.15, 0.2) is 10.5 Å². The molecule has 1 saturated heterocycles. The molecule has 1 aliphatic heterocycles. The van der Waals surface area contributed by atoms with E-state index < -0.39 is 44.8 Å². The number of aliphatic hydroxyl groups is 1. The summed E-state index contributed by atoms with van der Waals surface area (Å²) in [5.74, 6) is -0.517. The average molecular weight is 603 g/mol. The van der Waals surface area contributed by atoms with Crippen molar-refractivity contribution in [1.82, 2.24) is 4.31 Å². The van der Waals surface area contributed by atoms with Crippen LogP contribution in [0.2, 0.25) is 0 Å². The zero-order chi connectivity index (χ0) is 28.6. The monoisotopic (exact) mass is 602 g/mol. The number of rotatable bonds is 7. The maximum atomic E-state index is 13.4. The number of thiocarbonyl (C=S) groups is 1. The summed E-state index contributed by atoms with van der Waals surface area (Å²) in [5.41, 5.74) is -2.93. The number of hydrogen-bond donors (Lipinski definition) is 1. The molecule has 2 aliphatic rings. The number of benzene rings is 2. The fourth-order valence-corrected chi connectivity index (χ4v) is 7.76. The summed E-state index contributed by atoms with van der Waals surface area (Å²) >= 11 is 3.63. The van der Waals surface area contributed by atoms with E-state index in [9.17, 15) is 35.6 Å². The van der Waals surface area contributed by atoms with E-state index in [0.717, 1.165) is 12.1 Å². The van der Waals surface area contributed by atoms with Gasteiger partial charge in [-0.25, -0.2) is 12.8 Å². The number of piperazine rings is 1. The Morgan fingerprint density at radius 1 is 1.10 bits per heavy atom. The Hall–Kier alpha value is -2.29. The molecule has 1 aliphatic carbocycles. The van der Waals surface area contributed by atoms with Crippen molar-refractivity contribution in [3.8, 4) is 0 Å². The maximum absolute atomic E-state index is 13.4. The molecule has 210 valence electrons. The number of hydrogen-bond acceptors (Lipinski definition) is 6. The van der Waals surface area contributed by atoms with Gasteiger partial charge in [0.25, 0.3) is 0 Å². The topological polar surface area (TPSA) is 83.9 Å².